The van der Waals surface area contributed by atoms with Gasteiger partial charge in [-0.25, -0.2) is 0 Å². The number of aromatic nitrogens is 3. The molecule has 3 rings (SSSR count). The summed E-state index contributed by atoms with van der Waals surface area (Å²) in [6.07, 6.45) is 0. The molecule has 1 aromatic heterocycles. The van der Waals surface area contributed by atoms with Crippen molar-refractivity contribution in [1.82, 2.24) is 20.1 Å². The molecule has 0 aliphatic heterocycles. The van der Waals surface area contributed by atoms with E-state index in [1.54, 1.807) is 30.7 Å². The minimum atomic E-state index is -0.569. The van der Waals surface area contributed by atoms with E-state index in [2.05, 4.69) is 20.8 Å². The molecule has 1 heterocycles. The lowest BCUT2D eigenvalue weighted by atomic mass is 10.1. The predicted octanol–water partition coefficient (Wildman–Crippen LogP) is 3.91. The zero-order chi connectivity index (χ0) is 24.1. The summed E-state index contributed by atoms with van der Waals surface area (Å²) in [5.74, 6) is -0.116. The van der Waals surface area contributed by atoms with Gasteiger partial charge in [-0.1, -0.05) is 41.6 Å². The molecule has 2 amide bonds. The molecule has 2 N–H and O–H groups in total. The number of nitro groups is 1. The molecule has 0 aliphatic rings. The molecule has 1 atom stereocenters. The zero-order valence-electron chi connectivity index (χ0n) is 18.0. The van der Waals surface area contributed by atoms with Crippen LogP contribution in [0.5, 0.6) is 0 Å². The largest absolute Gasteiger partial charge is 0.342 e. The third-order valence-electron chi connectivity index (χ3n) is 4.76. The fourth-order valence-electron chi connectivity index (χ4n) is 3.03. The van der Waals surface area contributed by atoms with E-state index in [1.165, 1.54) is 18.2 Å². The van der Waals surface area contributed by atoms with Crippen molar-refractivity contribution in [2.75, 3.05) is 11.1 Å². The zero-order valence-corrected chi connectivity index (χ0v) is 19.6. The van der Waals surface area contributed by atoms with Gasteiger partial charge in [0, 0.05) is 24.7 Å². The van der Waals surface area contributed by atoms with Crippen molar-refractivity contribution in [3.8, 4) is 0 Å². The molecule has 3 aromatic rings. The highest BCUT2D eigenvalue weighted by Crippen LogP contribution is 2.27. The van der Waals surface area contributed by atoms with E-state index in [9.17, 15) is 19.7 Å². The fraction of sp³-hybridized carbons (Fsp3) is 0.238. The number of amides is 2. The minimum absolute atomic E-state index is 0.0189. The van der Waals surface area contributed by atoms with Gasteiger partial charge in [-0.2, -0.15) is 0 Å². The van der Waals surface area contributed by atoms with Crippen molar-refractivity contribution in [1.29, 1.82) is 0 Å². The first-order valence-electron chi connectivity index (χ1n) is 9.79. The Morgan fingerprint density at radius 2 is 1.97 bits per heavy atom. The van der Waals surface area contributed by atoms with Gasteiger partial charge in [-0.3, -0.25) is 19.7 Å². The molecule has 0 unspecified atom stereocenters. The lowest BCUT2D eigenvalue weighted by molar-refractivity contribution is -0.384. The van der Waals surface area contributed by atoms with Crippen LogP contribution in [0.1, 0.15) is 34.7 Å². The average molecular weight is 489 g/mol. The Balaban J connectivity index is 1.61. The van der Waals surface area contributed by atoms with Crippen LogP contribution in [0.3, 0.4) is 0 Å². The number of anilines is 1. The second-order valence-electron chi connectivity index (χ2n) is 7.17. The third-order valence-corrected chi connectivity index (χ3v) is 6.11. The van der Waals surface area contributed by atoms with Crippen LogP contribution < -0.4 is 10.6 Å². The van der Waals surface area contributed by atoms with Crippen molar-refractivity contribution >= 4 is 46.6 Å². The smallest absolute Gasteiger partial charge is 0.271 e. The van der Waals surface area contributed by atoms with Crippen LogP contribution in [-0.4, -0.2) is 37.3 Å². The summed E-state index contributed by atoms with van der Waals surface area (Å²) < 4.78 is 1.70. The van der Waals surface area contributed by atoms with Gasteiger partial charge < -0.3 is 15.2 Å². The summed E-state index contributed by atoms with van der Waals surface area (Å²) in [5.41, 5.74) is 1.42. The highest BCUT2D eigenvalue weighted by atomic mass is 35.5. The Hall–Kier alpha value is -3.44. The molecule has 0 spiro atoms. The normalized spacial score (nSPS) is 11.6. The standard InChI is InChI=1S/C21H21ClN6O4S/c1-12-6-4-5-7-15(12)20(30)23-13(2)19-25-26-21(27(19)3)33-11-18(29)24-17-10-14(28(31)32)8-9-16(17)22/h4-10,13H,11H2,1-3H3,(H,23,30)(H,24,29)/t13-/m1/s1. The van der Waals surface area contributed by atoms with Crippen LogP contribution in [0.4, 0.5) is 11.4 Å². The van der Waals surface area contributed by atoms with E-state index in [0.29, 0.717) is 16.5 Å². The van der Waals surface area contributed by atoms with Gasteiger partial charge in [0.15, 0.2) is 11.0 Å². The molecule has 0 aliphatic carbocycles. The third kappa shape index (κ3) is 5.88. The number of benzene rings is 2. The summed E-state index contributed by atoms with van der Waals surface area (Å²) in [5, 5.41) is 25.3. The first-order valence-corrected chi connectivity index (χ1v) is 11.2. The van der Waals surface area contributed by atoms with Crippen LogP contribution in [0.2, 0.25) is 5.02 Å². The van der Waals surface area contributed by atoms with Crippen molar-refractivity contribution in [3.05, 3.63) is 74.6 Å². The topological polar surface area (TPSA) is 132 Å². The van der Waals surface area contributed by atoms with Gasteiger partial charge in [-0.05, 0) is 31.5 Å². The molecule has 33 heavy (non-hydrogen) atoms. The number of nitrogens with one attached hydrogen (secondary N) is 2. The van der Waals surface area contributed by atoms with Crippen molar-refractivity contribution in [2.45, 2.75) is 25.0 Å². The van der Waals surface area contributed by atoms with Crippen LogP contribution in [0.15, 0.2) is 47.6 Å². The van der Waals surface area contributed by atoms with E-state index in [-0.39, 0.29) is 28.1 Å². The molecular weight excluding hydrogens is 468 g/mol. The van der Waals surface area contributed by atoms with Crippen molar-refractivity contribution in [3.63, 3.8) is 0 Å². The number of halogens is 1. The highest BCUT2D eigenvalue weighted by Gasteiger charge is 2.20. The maximum absolute atomic E-state index is 12.6. The molecule has 0 fully saturated rings. The van der Waals surface area contributed by atoms with E-state index in [1.807, 2.05) is 19.1 Å². The number of hydrogen-bond acceptors (Lipinski definition) is 7. The molecule has 0 radical (unpaired) electrons. The van der Waals surface area contributed by atoms with E-state index in [4.69, 9.17) is 11.6 Å². The summed E-state index contributed by atoms with van der Waals surface area (Å²) >= 11 is 7.15. The Morgan fingerprint density at radius 3 is 2.67 bits per heavy atom. The Labute approximate surface area is 198 Å². The number of carbonyl (C=O) groups excluding carboxylic acids is 2. The molecule has 12 heteroatoms. The molecule has 10 nitrogen and oxygen atoms in total. The predicted molar refractivity (Wildman–Crippen MR) is 126 cm³/mol. The fourth-order valence-corrected chi connectivity index (χ4v) is 3.92. The molecule has 2 aromatic carbocycles. The molecule has 0 saturated carbocycles. The molecule has 172 valence electrons. The van der Waals surface area contributed by atoms with Gasteiger partial charge in [0.25, 0.3) is 11.6 Å². The van der Waals surface area contributed by atoms with E-state index >= 15 is 0 Å². The first-order chi connectivity index (χ1) is 15.7. The highest BCUT2D eigenvalue weighted by molar-refractivity contribution is 7.99. The molecule has 0 saturated heterocycles. The number of aryl methyl sites for hydroxylation is 1. The van der Waals surface area contributed by atoms with Gasteiger partial charge in [0.05, 0.1) is 27.4 Å². The average Bonchev–Trinajstić information content (AvgIpc) is 3.14. The molecule has 0 bridgehead atoms. The SMILES string of the molecule is Cc1ccccc1C(=O)N[C@H](C)c1nnc(SCC(=O)Nc2cc([N+](=O)[O-])ccc2Cl)n1C. The second kappa shape index (κ2) is 10.5. The number of hydrogen-bond donors (Lipinski definition) is 2. The van der Waals surface area contributed by atoms with Crippen molar-refractivity contribution < 1.29 is 14.5 Å². The van der Waals surface area contributed by atoms with Gasteiger partial charge in [0.1, 0.15) is 0 Å². The monoisotopic (exact) mass is 488 g/mol. The Kier molecular flexibility index (Phi) is 7.67. The second-order valence-corrected chi connectivity index (χ2v) is 8.52. The maximum atomic E-state index is 12.6. The van der Waals surface area contributed by atoms with Crippen molar-refractivity contribution in [2.24, 2.45) is 7.05 Å². The van der Waals surface area contributed by atoms with E-state index in [0.717, 1.165) is 17.3 Å². The summed E-state index contributed by atoms with van der Waals surface area (Å²) in [7, 11) is 1.74. The number of carbonyl (C=O) groups is 2. The molecular formula is C21H21ClN6O4S. The summed E-state index contributed by atoms with van der Waals surface area (Å²) in [6.45, 7) is 3.66. The van der Waals surface area contributed by atoms with Crippen LogP contribution in [-0.2, 0) is 11.8 Å². The summed E-state index contributed by atoms with van der Waals surface area (Å²) in [4.78, 5) is 35.3. The Bertz CT molecular complexity index is 1220. The number of thioether (sulfide) groups is 1. The first kappa shape index (κ1) is 24.2. The van der Waals surface area contributed by atoms with E-state index < -0.39 is 16.9 Å². The van der Waals surface area contributed by atoms with Crippen LogP contribution in [0, 0.1) is 17.0 Å². The maximum Gasteiger partial charge on any atom is 0.271 e. The summed E-state index contributed by atoms with van der Waals surface area (Å²) in [6, 6.07) is 10.7. The number of rotatable bonds is 8. The quantitative estimate of drug-likeness (QED) is 0.279. The van der Waals surface area contributed by atoms with Gasteiger partial charge >= 0.3 is 0 Å². The number of nitro benzene ring substituents is 1. The lowest BCUT2D eigenvalue weighted by Gasteiger charge is -2.14. The van der Waals surface area contributed by atoms with Gasteiger partial charge in [-0.15, -0.1) is 10.2 Å². The number of nitrogens with zero attached hydrogens (tertiary/aromatic N) is 4. The lowest BCUT2D eigenvalue weighted by Crippen LogP contribution is -2.29. The minimum Gasteiger partial charge on any atom is -0.342 e. The number of non-ortho nitro benzene ring substituents is 1. The van der Waals surface area contributed by atoms with Crippen LogP contribution in [0.25, 0.3) is 0 Å². The van der Waals surface area contributed by atoms with Gasteiger partial charge in [0.2, 0.25) is 5.91 Å². The Morgan fingerprint density at radius 1 is 1.24 bits per heavy atom. The van der Waals surface area contributed by atoms with Crippen LogP contribution >= 0.6 is 23.4 Å².